The zero-order valence-electron chi connectivity index (χ0n) is 14.7. The zero-order chi connectivity index (χ0) is 18.8. The first-order chi connectivity index (χ1) is 13.2. The number of nitrogens with zero attached hydrogens (tertiary/aromatic N) is 2. The number of phenolic OH excluding ortho intramolecular Hbond substituents is 1. The van der Waals surface area contributed by atoms with Crippen molar-refractivity contribution in [3.63, 3.8) is 0 Å². The minimum Gasteiger partial charge on any atom is -0.504 e. The maximum absolute atomic E-state index is 10.6. The molecular weight excluding hydrogens is 360 g/mol. The van der Waals surface area contributed by atoms with Gasteiger partial charge in [0.2, 0.25) is 0 Å². The van der Waals surface area contributed by atoms with Crippen LogP contribution in [0, 0.1) is 0 Å². The molecule has 1 aromatic heterocycles. The van der Waals surface area contributed by atoms with Crippen molar-refractivity contribution in [1.82, 2.24) is 9.97 Å². The van der Waals surface area contributed by atoms with Crippen molar-refractivity contribution in [1.29, 1.82) is 0 Å². The lowest BCUT2D eigenvalue weighted by molar-refractivity contribution is 0.318. The van der Waals surface area contributed by atoms with E-state index in [1.165, 1.54) is 0 Å². The van der Waals surface area contributed by atoms with Crippen LogP contribution >= 0.6 is 11.6 Å². The summed E-state index contributed by atoms with van der Waals surface area (Å²) in [6.07, 6.45) is 0. The molecule has 0 aliphatic carbocycles. The highest BCUT2D eigenvalue weighted by Crippen LogP contribution is 2.37. The zero-order valence-corrected chi connectivity index (χ0v) is 15.4. The fourth-order valence-electron chi connectivity index (χ4n) is 3.01. The standard InChI is InChI=1S/C22H17ClN2O2/c1-2-27-19-10-6-9-16(21(19)26)22-24-18-12-11-15(23)13-17(18)20(25-22)14-7-4-3-5-8-14/h3-13,26H,2H2,1H3. The van der Waals surface area contributed by atoms with Crippen molar-refractivity contribution in [2.75, 3.05) is 6.61 Å². The third-order valence-electron chi connectivity index (χ3n) is 4.24. The van der Waals surface area contributed by atoms with Gasteiger partial charge in [0, 0.05) is 16.0 Å². The second kappa shape index (κ2) is 7.25. The van der Waals surface area contributed by atoms with Gasteiger partial charge in [-0.25, -0.2) is 9.97 Å². The molecule has 0 fully saturated rings. The highest BCUT2D eigenvalue weighted by molar-refractivity contribution is 6.31. The van der Waals surface area contributed by atoms with Gasteiger partial charge in [0.05, 0.1) is 23.4 Å². The van der Waals surface area contributed by atoms with Crippen LogP contribution < -0.4 is 4.74 Å². The van der Waals surface area contributed by atoms with Crippen LogP contribution in [0.15, 0.2) is 66.7 Å². The van der Waals surface area contributed by atoms with Crippen molar-refractivity contribution >= 4 is 22.5 Å². The number of benzene rings is 3. The Bertz CT molecular complexity index is 1110. The summed E-state index contributed by atoms with van der Waals surface area (Å²) in [5.74, 6) is 0.880. The summed E-state index contributed by atoms with van der Waals surface area (Å²) in [4.78, 5) is 9.41. The van der Waals surface area contributed by atoms with Crippen LogP contribution in [0.1, 0.15) is 6.92 Å². The number of para-hydroxylation sites is 1. The molecule has 0 saturated heterocycles. The van der Waals surface area contributed by atoms with E-state index in [4.69, 9.17) is 21.3 Å². The van der Waals surface area contributed by atoms with Gasteiger partial charge in [-0.05, 0) is 37.3 Å². The van der Waals surface area contributed by atoms with Gasteiger partial charge in [0.15, 0.2) is 17.3 Å². The molecule has 4 rings (SSSR count). The molecule has 4 aromatic rings. The molecule has 1 N–H and O–H groups in total. The number of halogens is 1. The van der Waals surface area contributed by atoms with Gasteiger partial charge in [-0.3, -0.25) is 0 Å². The number of fused-ring (bicyclic) bond motifs is 1. The van der Waals surface area contributed by atoms with Crippen LogP contribution in [0.4, 0.5) is 0 Å². The Hall–Kier alpha value is -3.11. The Labute approximate surface area is 162 Å². The molecule has 0 aliphatic heterocycles. The van der Waals surface area contributed by atoms with E-state index in [0.29, 0.717) is 28.8 Å². The topological polar surface area (TPSA) is 55.2 Å². The van der Waals surface area contributed by atoms with Gasteiger partial charge in [-0.1, -0.05) is 48.0 Å². The Morgan fingerprint density at radius 3 is 2.56 bits per heavy atom. The quantitative estimate of drug-likeness (QED) is 0.494. The SMILES string of the molecule is CCOc1cccc(-c2nc(-c3ccccc3)c3cc(Cl)ccc3n2)c1O. The van der Waals surface area contributed by atoms with E-state index in [0.717, 1.165) is 22.2 Å². The number of aromatic nitrogens is 2. The summed E-state index contributed by atoms with van der Waals surface area (Å²) in [5, 5.41) is 12.1. The smallest absolute Gasteiger partial charge is 0.168 e. The van der Waals surface area contributed by atoms with Crippen molar-refractivity contribution in [3.8, 4) is 34.1 Å². The van der Waals surface area contributed by atoms with E-state index < -0.39 is 0 Å². The number of rotatable bonds is 4. The first kappa shape index (κ1) is 17.3. The third kappa shape index (κ3) is 3.32. The monoisotopic (exact) mass is 376 g/mol. The Morgan fingerprint density at radius 2 is 1.78 bits per heavy atom. The van der Waals surface area contributed by atoms with Crippen molar-refractivity contribution in [3.05, 3.63) is 71.8 Å². The molecule has 0 atom stereocenters. The highest BCUT2D eigenvalue weighted by atomic mass is 35.5. The molecule has 134 valence electrons. The van der Waals surface area contributed by atoms with Crippen LogP contribution in [-0.2, 0) is 0 Å². The molecule has 5 heteroatoms. The summed E-state index contributed by atoms with van der Waals surface area (Å²) in [5.41, 5.74) is 2.99. The lowest BCUT2D eigenvalue weighted by Crippen LogP contribution is -1.97. The second-order valence-corrected chi connectivity index (χ2v) is 6.45. The first-order valence-electron chi connectivity index (χ1n) is 8.65. The summed E-state index contributed by atoms with van der Waals surface area (Å²) < 4.78 is 5.49. The minimum atomic E-state index is 0.0340. The van der Waals surface area contributed by atoms with Crippen LogP contribution in [0.5, 0.6) is 11.5 Å². The van der Waals surface area contributed by atoms with E-state index >= 15 is 0 Å². The van der Waals surface area contributed by atoms with E-state index in [-0.39, 0.29) is 5.75 Å². The van der Waals surface area contributed by atoms with Crippen molar-refractivity contribution < 1.29 is 9.84 Å². The minimum absolute atomic E-state index is 0.0340. The van der Waals surface area contributed by atoms with Crippen LogP contribution in [0.25, 0.3) is 33.5 Å². The number of aromatic hydroxyl groups is 1. The van der Waals surface area contributed by atoms with Crippen LogP contribution in [0.3, 0.4) is 0 Å². The van der Waals surface area contributed by atoms with Crippen LogP contribution in [0.2, 0.25) is 5.02 Å². The fourth-order valence-corrected chi connectivity index (χ4v) is 3.18. The first-order valence-corrected chi connectivity index (χ1v) is 9.03. The third-order valence-corrected chi connectivity index (χ3v) is 4.48. The van der Waals surface area contributed by atoms with Gasteiger partial charge in [-0.15, -0.1) is 0 Å². The molecule has 0 radical (unpaired) electrons. The van der Waals surface area contributed by atoms with Gasteiger partial charge in [-0.2, -0.15) is 0 Å². The van der Waals surface area contributed by atoms with E-state index in [9.17, 15) is 5.11 Å². The molecule has 3 aromatic carbocycles. The number of phenols is 1. The maximum atomic E-state index is 10.6. The average Bonchev–Trinajstić information content (AvgIpc) is 2.70. The number of ether oxygens (including phenoxy) is 1. The van der Waals surface area contributed by atoms with Gasteiger partial charge >= 0.3 is 0 Å². The Kier molecular flexibility index (Phi) is 4.65. The summed E-state index contributed by atoms with van der Waals surface area (Å²) >= 11 is 6.20. The molecule has 0 aliphatic rings. The van der Waals surface area contributed by atoms with Crippen molar-refractivity contribution in [2.45, 2.75) is 6.92 Å². The average molecular weight is 377 g/mol. The van der Waals surface area contributed by atoms with Gasteiger partial charge < -0.3 is 9.84 Å². The Morgan fingerprint density at radius 1 is 0.963 bits per heavy atom. The predicted molar refractivity (Wildman–Crippen MR) is 108 cm³/mol. The van der Waals surface area contributed by atoms with Gasteiger partial charge in [0.1, 0.15) is 0 Å². The molecule has 4 nitrogen and oxygen atoms in total. The lowest BCUT2D eigenvalue weighted by Gasteiger charge is -2.12. The highest BCUT2D eigenvalue weighted by Gasteiger charge is 2.16. The normalized spacial score (nSPS) is 10.9. The molecular formula is C22H17ClN2O2. The summed E-state index contributed by atoms with van der Waals surface area (Å²) in [6.45, 7) is 2.33. The molecule has 27 heavy (non-hydrogen) atoms. The number of hydrogen-bond acceptors (Lipinski definition) is 4. The van der Waals surface area contributed by atoms with E-state index in [1.807, 2.05) is 55.5 Å². The Balaban J connectivity index is 1.99. The lowest BCUT2D eigenvalue weighted by atomic mass is 10.1. The molecule has 0 spiro atoms. The molecule has 0 amide bonds. The van der Waals surface area contributed by atoms with E-state index in [2.05, 4.69) is 4.98 Å². The summed E-state index contributed by atoms with van der Waals surface area (Å²) in [6, 6.07) is 20.7. The van der Waals surface area contributed by atoms with Gasteiger partial charge in [0.25, 0.3) is 0 Å². The second-order valence-electron chi connectivity index (χ2n) is 6.01. The summed E-state index contributed by atoms with van der Waals surface area (Å²) in [7, 11) is 0. The fraction of sp³-hybridized carbons (Fsp3) is 0.0909. The predicted octanol–water partition coefficient (Wildman–Crippen LogP) is 5.72. The molecule has 0 saturated carbocycles. The molecule has 0 unspecified atom stereocenters. The maximum Gasteiger partial charge on any atom is 0.168 e. The van der Waals surface area contributed by atoms with E-state index in [1.54, 1.807) is 18.2 Å². The largest absolute Gasteiger partial charge is 0.504 e. The van der Waals surface area contributed by atoms with Crippen LogP contribution in [-0.4, -0.2) is 21.7 Å². The van der Waals surface area contributed by atoms with Crippen molar-refractivity contribution in [2.24, 2.45) is 0 Å². The molecule has 1 heterocycles. The number of hydrogen-bond donors (Lipinski definition) is 1. The molecule has 0 bridgehead atoms.